The first-order valence-corrected chi connectivity index (χ1v) is 12.4. The third-order valence-electron chi connectivity index (χ3n) is 8.19. The molecule has 0 radical (unpaired) electrons. The number of hydrogen-bond acceptors (Lipinski definition) is 2. The van der Waals surface area contributed by atoms with Gasteiger partial charge < -0.3 is 14.4 Å². The molecule has 0 N–H and O–H groups in total. The van der Waals surface area contributed by atoms with E-state index >= 15 is 0 Å². The van der Waals surface area contributed by atoms with Gasteiger partial charge in [-0.3, -0.25) is 0 Å². The predicted molar refractivity (Wildman–Crippen MR) is 127 cm³/mol. The minimum absolute atomic E-state index is 0.654. The molecule has 0 atom stereocenters. The molecule has 30 heavy (non-hydrogen) atoms. The number of rotatable bonds is 5. The van der Waals surface area contributed by atoms with Gasteiger partial charge >= 0.3 is 0 Å². The molecule has 2 aliphatic heterocycles. The highest BCUT2D eigenvalue weighted by atomic mass is 15.2. The monoisotopic (exact) mass is 405 g/mol. The summed E-state index contributed by atoms with van der Waals surface area (Å²) in [6.07, 6.45) is 16.6. The van der Waals surface area contributed by atoms with Crippen LogP contribution in [0.3, 0.4) is 0 Å². The van der Waals surface area contributed by atoms with Crippen molar-refractivity contribution in [2.75, 3.05) is 19.6 Å². The zero-order chi connectivity index (χ0) is 20.5. The Hall–Kier alpha value is -1.74. The second kappa shape index (κ2) is 8.78. The molecule has 1 aromatic heterocycles. The summed E-state index contributed by atoms with van der Waals surface area (Å²) in [5, 5.41) is 1.45. The first-order chi connectivity index (χ1) is 14.7. The van der Waals surface area contributed by atoms with E-state index in [-0.39, 0.29) is 0 Å². The van der Waals surface area contributed by atoms with Gasteiger partial charge in [-0.1, -0.05) is 38.1 Å². The highest BCUT2D eigenvalue weighted by molar-refractivity contribution is 5.84. The summed E-state index contributed by atoms with van der Waals surface area (Å²) in [5.74, 6) is 1.83. The summed E-state index contributed by atoms with van der Waals surface area (Å²) >= 11 is 0. The lowest BCUT2D eigenvalue weighted by atomic mass is 9.79. The normalized spacial score (nSPS) is 26.3. The van der Waals surface area contributed by atoms with Crippen LogP contribution in [0.4, 0.5) is 0 Å². The lowest BCUT2D eigenvalue weighted by Crippen LogP contribution is -2.43. The third kappa shape index (κ3) is 4.06. The Bertz CT molecular complexity index is 863. The van der Waals surface area contributed by atoms with Crippen LogP contribution in [0, 0.1) is 11.8 Å². The molecule has 2 aromatic rings. The summed E-state index contributed by atoms with van der Waals surface area (Å²) < 4.78 is 2.62. The predicted octanol–water partition coefficient (Wildman–Crippen LogP) is 6.21. The Labute approximate surface area is 182 Å². The summed E-state index contributed by atoms with van der Waals surface area (Å²) in [4.78, 5) is 5.29. The van der Waals surface area contributed by atoms with Crippen molar-refractivity contribution in [2.24, 2.45) is 11.8 Å². The van der Waals surface area contributed by atoms with E-state index in [9.17, 15) is 0 Å². The van der Waals surface area contributed by atoms with Gasteiger partial charge in [-0.2, -0.15) is 0 Å². The van der Waals surface area contributed by atoms with Gasteiger partial charge in [0.25, 0.3) is 0 Å². The van der Waals surface area contributed by atoms with Crippen molar-refractivity contribution in [3.8, 4) is 0 Å². The van der Waals surface area contributed by atoms with Gasteiger partial charge in [-0.25, -0.2) is 0 Å². The molecule has 1 saturated carbocycles. The van der Waals surface area contributed by atoms with E-state index in [0.29, 0.717) is 6.04 Å². The Morgan fingerprint density at radius 1 is 0.900 bits per heavy atom. The SMILES string of the molecule is CC(C)C1CCC(N2CCC(n3cc(CN4C=CCC4)c4ccccc43)CC2)CC1. The Morgan fingerprint density at radius 2 is 1.67 bits per heavy atom. The number of likely N-dealkylation sites (tertiary alicyclic amines) is 1. The van der Waals surface area contributed by atoms with Crippen molar-refractivity contribution >= 4 is 10.9 Å². The lowest BCUT2D eigenvalue weighted by molar-refractivity contribution is 0.0893. The van der Waals surface area contributed by atoms with Gasteiger partial charge in [-0.05, 0) is 74.6 Å². The molecular weight excluding hydrogens is 366 g/mol. The van der Waals surface area contributed by atoms with Crippen molar-refractivity contribution in [1.82, 2.24) is 14.4 Å². The van der Waals surface area contributed by atoms with Gasteiger partial charge in [0.15, 0.2) is 0 Å². The molecule has 1 saturated heterocycles. The van der Waals surface area contributed by atoms with E-state index in [1.165, 1.54) is 74.5 Å². The first-order valence-electron chi connectivity index (χ1n) is 12.4. The molecule has 0 unspecified atom stereocenters. The van der Waals surface area contributed by atoms with E-state index < -0.39 is 0 Å². The fraction of sp³-hybridized carbons (Fsp3) is 0.630. The van der Waals surface area contributed by atoms with Gasteiger partial charge in [0, 0.05) is 55.4 Å². The molecule has 1 aliphatic carbocycles. The van der Waals surface area contributed by atoms with Crippen LogP contribution < -0.4 is 0 Å². The van der Waals surface area contributed by atoms with Crippen LogP contribution in [0.15, 0.2) is 42.7 Å². The molecule has 3 nitrogen and oxygen atoms in total. The van der Waals surface area contributed by atoms with E-state index in [2.05, 4.69) is 71.0 Å². The van der Waals surface area contributed by atoms with Gasteiger partial charge in [-0.15, -0.1) is 0 Å². The standard InChI is InChI=1S/C27H39N3/c1-21(2)22-9-11-24(12-10-22)29-17-13-25(14-18-29)30-20-23(19-28-15-5-6-16-28)26-7-3-4-8-27(26)30/h3-5,7-8,15,20-22,24-25H,6,9-14,16-19H2,1-2H3. The molecule has 3 heteroatoms. The summed E-state index contributed by atoms with van der Waals surface area (Å²) in [7, 11) is 0. The fourth-order valence-electron chi connectivity index (χ4n) is 6.26. The molecular formula is C27H39N3. The second-order valence-corrected chi connectivity index (χ2v) is 10.3. The Morgan fingerprint density at radius 3 is 2.37 bits per heavy atom. The van der Waals surface area contributed by atoms with Gasteiger partial charge in [0.05, 0.1) is 0 Å². The summed E-state index contributed by atoms with van der Waals surface area (Å²) in [5.41, 5.74) is 2.93. The van der Waals surface area contributed by atoms with Crippen molar-refractivity contribution in [3.63, 3.8) is 0 Å². The number of fused-ring (bicyclic) bond motifs is 1. The molecule has 162 valence electrons. The maximum atomic E-state index is 2.83. The van der Waals surface area contributed by atoms with Crippen molar-refractivity contribution in [3.05, 3.63) is 48.3 Å². The Balaban J connectivity index is 1.25. The Kier molecular flexibility index (Phi) is 5.91. The zero-order valence-electron chi connectivity index (χ0n) is 19.0. The number of benzene rings is 1. The molecule has 0 bridgehead atoms. The highest BCUT2D eigenvalue weighted by Crippen LogP contribution is 2.36. The minimum Gasteiger partial charge on any atom is -0.373 e. The molecule has 5 rings (SSSR count). The average molecular weight is 406 g/mol. The molecule has 2 fully saturated rings. The second-order valence-electron chi connectivity index (χ2n) is 10.3. The lowest BCUT2D eigenvalue weighted by Gasteiger charge is -2.42. The number of hydrogen-bond donors (Lipinski definition) is 0. The molecule has 0 spiro atoms. The van der Waals surface area contributed by atoms with Crippen molar-refractivity contribution in [1.29, 1.82) is 0 Å². The fourth-order valence-corrected chi connectivity index (χ4v) is 6.26. The van der Waals surface area contributed by atoms with Gasteiger partial charge in [0.1, 0.15) is 0 Å². The van der Waals surface area contributed by atoms with Crippen LogP contribution in [0.1, 0.15) is 70.4 Å². The number of aromatic nitrogens is 1. The number of piperidine rings is 1. The van der Waals surface area contributed by atoms with Crippen molar-refractivity contribution < 1.29 is 0 Å². The van der Waals surface area contributed by atoms with E-state index in [1.54, 1.807) is 0 Å². The van der Waals surface area contributed by atoms with Crippen LogP contribution in [0.2, 0.25) is 0 Å². The smallest absolute Gasteiger partial charge is 0.0486 e. The minimum atomic E-state index is 0.654. The third-order valence-corrected chi connectivity index (χ3v) is 8.19. The maximum Gasteiger partial charge on any atom is 0.0486 e. The topological polar surface area (TPSA) is 11.4 Å². The zero-order valence-corrected chi connectivity index (χ0v) is 19.0. The van der Waals surface area contributed by atoms with Gasteiger partial charge in [0.2, 0.25) is 0 Å². The van der Waals surface area contributed by atoms with Crippen molar-refractivity contribution in [2.45, 2.75) is 77.4 Å². The van der Waals surface area contributed by atoms with Crippen LogP contribution in [-0.2, 0) is 6.54 Å². The first kappa shape index (κ1) is 20.2. The number of para-hydroxylation sites is 1. The summed E-state index contributed by atoms with van der Waals surface area (Å²) in [6, 6.07) is 10.6. The molecule has 0 amide bonds. The largest absolute Gasteiger partial charge is 0.373 e. The highest BCUT2D eigenvalue weighted by Gasteiger charge is 2.30. The van der Waals surface area contributed by atoms with E-state index in [0.717, 1.165) is 31.0 Å². The quantitative estimate of drug-likeness (QED) is 0.586. The van der Waals surface area contributed by atoms with Crippen LogP contribution in [0.5, 0.6) is 0 Å². The number of nitrogens with zero attached hydrogens (tertiary/aromatic N) is 3. The molecule has 3 aliphatic rings. The average Bonchev–Trinajstić information content (AvgIpc) is 3.43. The van der Waals surface area contributed by atoms with Crippen LogP contribution in [-0.4, -0.2) is 40.0 Å². The molecule has 1 aromatic carbocycles. The summed E-state index contributed by atoms with van der Waals surface area (Å²) in [6.45, 7) is 9.58. The molecule has 3 heterocycles. The maximum absolute atomic E-state index is 2.83. The van der Waals surface area contributed by atoms with Crippen LogP contribution >= 0.6 is 0 Å². The van der Waals surface area contributed by atoms with E-state index in [1.807, 2.05) is 0 Å². The van der Waals surface area contributed by atoms with Crippen LogP contribution in [0.25, 0.3) is 10.9 Å². The van der Waals surface area contributed by atoms with E-state index in [4.69, 9.17) is 0 Å².